The summed E-state index contributed by atoms with van der Waals surface area (Å²) in [7, 11) is 0. The molecule has 0 atom stereocenters. The Balaban J connectivity index is 1.68. The van der Waals surface area contributed by atoms with E-state index in [0.29, 0.717) is 12.2 Å². The van der Waals surface area contributed by atoms with Crippen molar-refractivity contribution < 1.29 is 14.3 Å². The molecular weight excluding hydrogens is 242 g/mol. The molecule has 1 amide bonds. The zero-order valence-electron chi connectivity index (χ0n) is 12.6. The first-order chi connectivity index (χ1) is 8.83. The lowest BCUT2D eigenvalue weighted by Gasteiger charge is -2.39. The molecule has 19 heavy (non-hydrogen) atoms. The molecule has 0 aromatic heterocycles. The van der Waals surface area contributed by atoms with Crippen molar-refractivity contribution in [2.45, 2.75) is 71.2 Å². The highest BCUT2D eigenvalue weighted by Gasteiger charge is 2.32. The van der Waals surface area contributed by atoms with Gasteiger partial charge < -0.3 is 14.4 Å². The van der Waals surface area contributed by atoms with E-state index < -0.39 is 5.60 Å². The molecule has 2 aliphatic rings. The first kappa shape index (κ1) is 14.6. The fourth-order valence-corrected chi connectivity index (χ4v) is 2.71. The summed E-state index contributed by atoms with van der Waals surface area (Å²) in [5.74, 6) is 0.826. The maximum Gasteiger partial charge on any atom is 0.410 e. The largest absolute Gasteiger partial charge is 0.444 e. The highest BCUT2D eigenvalue weighted by Crippen LogP contribution is 2.31. The van der Waals surface area contributed by atoms with Gasteiger partial charge in [0.1, 0.15) is 5.60 Å². The van der Waals surface area contributed by atoms with Crippen LogP contribution in [0.2, 0.25) is 0 Å². The minimum atomic E-state index is -0.410. The van der Waals surface area contributed by atoms with Crippen LogP contribution in [0.15, 0.2) is 0 Å². The van der Waals surface area contributed by atoms with Crippen molar-refractivity contribution in [2.24, 2.45) is 5.92 Å². The number of rotatable bonds is 2. The maximum atomic E-state index is 11.9. The Morgan fingerprint density at radius 2 is 1.68 bits per heavy atom. The van der Waals surface area contributed by atoms with Crippen molar-refractivity contribution in [3.63, 3.8) is 0 Å². The van der Waals surface area contributed by atoms with Gasteiger partial charge in [-0.15, -0.1) is 0 Å². The van der Waals surface area contributed by atoms with E-state index in [1.54, 1.807) is 4.90 Å². The van der Waals surface area contributed by atoms with Crippen molar-refractivity contribution in [1.29, 1.82) is 0 Å². The zero-order chi connectivity index (χ0) is 14.0. The van der Waals surface area contributed by atoms with E-state index in [0.717, 1.165) is 31.8 Å². The molecule has 0 spiro atoms. The van der Waals surface area contributed by atoms with Crippen molar-refractivity contribution in [3.8, 4) is 0 Å². The Labute approximate surface area is 116 Å². The average Bonchev–Trinajstić information content (AvgIpc) is 2.25. The number of likely N-dealkylation sites (tertiary alicyclic amines) is 1. The van der Waals surface area contributed by atoms with Crippen LogP contribution in [0.3, 0.4) is 0 Å². The Hall–Kier alpha value is -0.770. The summed E-state index contributed by atoms with van der Waals surface area (Å²) in [6.45, 7) is 9.48. The molecule has 1 aliphatic carbocycles. The third-order valence-corrected chi connectivity index (χ3v) is 3.81. The number of hydrogen-bond acceptors (Lipinski definition) is 3. The molecule has 0 unspecified atom stereocenters. The second-order valence-electron chi connectivity index (χ2n) is 7.00. The summed E-state index contributed by atoms with van der Waals surface area (Å²) in [5.41, 5.74) is -0.410. The van der Waals surface area contributed by atoms with E-state index in [2.05, 4.69) is 6.92 Å². The predicted octanol–water partition coefficient (Wildman–Crippen LogP) is 3.20. The van der Waals surface area contributed by atoms with Crippen LogP contribution in [0.4, 0.5) is 4.79 Å². The number of carbonyl (C=O) groups excluding carboxylic acids is 1. The van der Waals surface area contributed by atoms with E-state index in [1.165, 1.54) is 12.8 Å². The molecule has 4 heteroatoms. The zero-order valence-corrected chi connectivity index (χ0v) is 12.6. The third-order valence-electron chi connectivity index (χ3n) is 3.81. The second-order valence-corrected chi connectivity index (χ2v) is 7.00. The summed E-state index contributed by atoms with van der Waals surface area (Å²) in [6, 6.07) is 0. The molecule has 0 N–H and O–H groups in total. The lowest BCUT2D eigenvalue weighted by atomic mass is 9.84. The Bertz CT molecular complexity index is 310. The molecule has 4 nitrogen and oxygen atoms in total. The fourth-order valence-electron chi connectivity index (χ4n) is 2.71. The number of piperidine rings is 1. The van der Waals surface area contributed by atoms with Crippen LogP contribution >= 0.6 is 0 Å². The number of carbonyl (C=O) groups is 1. The standard InChI is InChI=1S/C15H27NO3/c1-11-9-13(10-11)18-12-5-7-16(8-6-12)14(17)19-15(2,3)4/h11-13H,5-10H2,1-4H3/t11-,13+. The molecular formula is C15H27NO3. The minimum absolute atomic E-state index is 0.191. The minimum Gasteiger partial charge on any atom is -0.444 e. The second kappa shape index (κ2) is 5.70. The number of hydrogen-bond donors (Lipinski definition) is 0. The van der Waals surface area contributed by atoms with Gasteiger partial charge in [-0.05, 0) is 52.4 Å². The molecule has 110 valence electrons. The molecule has 2 fully saturated rings. The maximum absolute atomic E-state index is 11.9. The van der Waals surface area contributed by atoms with Gasteiger partial charge in [0.2, 0.25) is 0 Å². The van der Waals surface area contributed by atoms with Crippen molar-refractivity contribution in [1.82, 2.24) is 4.90 Å². The summed E-state index contributed by atoms with van der Waals surface area (Å²) in [6.07, 6.45) is 4.87. The van der Waals surface area contributed by atoms with Crippen LogP contribution < -0.4 is 0 Å². The van der Waals surface area contributed by atoms with Crippen molar-refractivity contribution in [2.75, 3.05) is 13.1 Å². The van der Waals surface area contributed by atoms with Gasteiger partial charge in [0.25, 0.3) is 0 Å². The predicted molar refractivity (Wildman–Crippen MR) is 74.1 cm³/mol. The number of ether oxygens (including phenoxy) is 2. The number of amides is 1. The topological polar surface area (TPSA) is 38.8 Å². The summed E-state index contributed by atoms with van der Waals surface area (Å²) in [4.78, 5) is 13.7. The van der Waals surface area contributed by atoms with Crippen LogP contribution in [0.25, 0.3) is 0 Å². The Kier molecular flexibility index (Phi) is 4.39. The third kappa shape index (κ3) is 4.37. The molecule has 1 heterocycles. The lowest BCUT2D eigenvalue weighted by Crippen LogP contribution is -2.45. The fraction of sp³-hybridized carbons (Fsp3) is 0.933. The lowest BCUT2D eigenvalue weighted by molar-refractivity contribution is -0.0905. The van der Waals surface area contributed by atoms with E-state index >= 15 is 0 Å². The van der Waals surface area contributed by atoms with E-state index in [4.69, 9.17) is 9.47 Å². The van der Waals surface area contributed by atoms with Crippen LogP contribution in [-0.2, 0) is 9.47 Å². The SMILES string of the molecule is CC(C)(C)OC(=O)N1CCC(O[C@H]2C[C@@H](C)C2)CC1. The highest BCUT2D eigenvalue weighted by atomic mass is 16.6. The van der Waals surface area contributed by atoms with Gasteiger partial charge in [0, 0.05) is 13.1 Å². The summed E-state index contributed by atoms with van der Waals surface area (Å²) >= 11 is 0. The summed E-state index contributed by atoms with van der Waals surface area (Å²) < 4.78 is 11.4. The molecule has 0 radical (unpaired) electrons. The van der Waals surface area contributed by atoms with Crippen LogP contribution in [-0.4, -0.2) is 41.9 Å². The first-order valence-corrected chi connectivity index (χ1v) is 7.47. The van der Waals surface area contributed by atoms with Crippen LogP contribution in [0.5, 0.6) is 0 Å². The smallest absolute Gasteiger partial charge is 0.410 e. The first-order valence-electron chi connectivity index (χ1n) is 7.47. The number of nitrogens with zero attached hydrogens (tertiary/aromatic N) is 1. The molecule has 0 bridgehead atoms. The van der Waals surface area contributed by atoms with Gasteiger partial charge in [-0.2, -0.15) is 0 Å². The average molecular weight is 269 g/mol. The molecule has 1 aliphatic heterocycles. The molecule has 0 aromatic carbocycles. The molecule has 1 saturated heterocycles. The van der Waals surface area contributed by atoms with Gasteiger partial charge in [0.05, 0.1) is 12.2 Å². The van der Waals surface area contributed by atoms with E-state index in [1.807, 2.05) is 20.8 Å². The van der Waals surface area contributed by atoms with E-state index in [-0.39, 0.29) is 6.09 Å². The quantitative estimate of drug-likeness (QED) is 0.772. The Morgan fingerprint density at radius 3 is 2.16 bits per heavy atom. The molecule has 2 rings (SSSR count). The van der Waals surface area contributed by atoms with Gasteiger partial charge in [-0.1, -0.05) is 6.92 Å². The van der Waals surface area contributed by atoms with Crippen LogP contribution in [0.1, 0.15) is 53.4 Å². The molecule has 0 aromatic rings. The molecule has 1 saturated carbocycles. The van der Waals surface area contributed by atoms with Gasteiger partial charge in [0.15, 0.2) is 0 Å². The highest BCUT2D eigenvalue weighted by molar-refractivity contribution is 5.68. The van der Waals surface area contributed by atoms with Gasteiger partial charge in [-0.3, -0.25) is 0 Å². The summed E-state index contributed by atoms with van der Waals surface area (Å²) in [5, 5.41) is 0. The van der Waals surface area contributed by atoms with Crippen molar-refractivity contribution >= 4 is 6.09 Å². The van der Waals surface area contributed by atoms with E-state index in [9.17, 15) is 4.79 Å². The normalized spacial score (nSPS) is 28.9. The van der Waals surface area contributed by atoms with Crippen molar-refractivity contribution in [3.05, 3.63) is 0 Å². The van der Waals surface area contributed by atoms with Gasteiger partial charge >= 0.3 is 6.09 Å². The Morgan fingerprint density at radius 1 is 1.11 bits per heavy atom. The van der Waals surface area contributed by atoms with Crippen LogP contribution in [0, 0.1) is 5.92 Å². The van der Waals surface area contributed by atoms with Gasteiger partial charge in [-0.25, -0.2) is 4.79 Å². The monoisotopic (exact) mass is 269 g/mol.